The molecular weight excluding hydrogens is 248 g/mol. The fourth-order valence-corrected chi connectivity index (χ4v) is 1.54. The number of pyridine rings is 1. The highest BCUT2D eigenvalue weighted by molar-refractivity contribution is 5.94. The van der Waals surface area contributed by atoms with Crippen LogP contribution < -0.4 is 16.6 Å². The van der Waals surface area contributed by atoms with Crippen LogP contribution in [0, 0.1) is 13.8 Å². The Balaban J connectivity index is 2.05. The fourth-order valence-electron chi connectivity index (χ4n) is 1.54. The van der Waals surface area contributed by atoms with Gasteiger partial charge in [-0.25, -0.2) is 10.8 Å². The van der Waals surface area contributed by atoms with Crippen molar-refractivity contribution < 1.29 is 9.32 Å². The number of aryl methyl sites for hydroxylation is 2. The molecular formula is C11H14N6O2. The van der Waals surface area contributed by atoms with Gasteiger partial charge in [0.15, 0.2) is 5.82 Å². The normalized spacial score (nSPS) is 10.3. The van der Waals surface area contributed by atoms with E-state index in [2.05, 4.69) is 25.9 Å². The molecule has 0 aliphatic heterocycles. The van der Waals surface area contributed by atoms with Crippen LogP contribution >= 0.6 is 0 Å². The van der Waals surface area contributed by atoms with E-state index in [0.717, 1.165) is 0 Å². The number of rotatable bonds is 4. The number of aromatic nitrogens is 3. The van der Waals surface area contributed by atoms with Crippen LogP contribution in [0.25, 0.3) is 0 Å². The van der Waals surface area contributed by atoms with E-state index in [-0.39, 0.29) is 12.5 Å². The average Bonchev–Trinajstić information content (AvgIpc) is 2.81. The average molecular weight is 262 g/mol. The molecule has 2 aromatic rings. The van der Waals surface area contributed by atoms with Gasteiger partial charge in [0.2, 0.25) is 5.89 Å². The number of hydrogen-bond acceptors (Lipinski definition) is 7. The van der Waals surface area contributed by atoms with Gasteiger partial charge in [0.1, 0.15) is 5.82 Å². The van der Waals surface area contributed by atoms with E-state index in [0.29, 0.717) is 28.8 Å². The second kappa shape index (κ2) is 5.44. The SMILES string of the molecule is Cc1cc(C(=O)NCc2nc(C)no2)cc(NN)n1. The maximum absolute atomic E-state index is 11.9. The third kappa shape index (κ3) is 3.26. The predicted molar refractivity (Wildman–Crippen MR) is 67.0 cm³/mol. The Kier molecular flexibility index (Phi) is 3.71. The molecule has 0 bridgehead atoms. The van der Waals surface area contributed by atoms with Crippen LogP contribution in [0.15, 0.2) is 16.7 Å². The van der Waals surface area contributed by atoms with Gasteiger partial charge in [-0.2, -0.15) is 4.98 Å². The Morgan fingerprint density at radius 3 is 2.79 bits per heavy atom. The highest BCUT2D eigenvalue weighted by Crippen LogP contribution is 2.09. The molecule has 0 fully saturated rings. The lowest BCUT2D eigenvalue weighted by Gasteiger charge is -2.06. The summed E-state index contributed by atoms with van der Waals surface area (Å²) in [4.78, 5) is 20.0. The zero-order valence-corrected chi connectivity index (χ0v) is 10.6. The van der Waals surface area contributed by atoms with Crippen LogP contribution in [-0.4, -0.2) is 21.0 Å². The molecule has 0 saturated carbocycles. The van der Waals surface area contributed by atoms with Crippen LogP contribution in [0.1, 0.15) is 27.8 Å². The van der Waals surface area contributed by atoms with Crippen molar-refractivity contribution in [1.29, 1.82) is 0 Å². The molecule has 1 amide bonds. The maximum Gasteiger partial charge on any atom is 0.251 e. The van der Waals surface area contributed by atoms with Crippen molar-refractivity contribution in [2.45, 2.75) is 20.4 Å². The number of carbonyl (C=O) groups is 1. The minimum Gasteiger partial charge on any atom is -0.343 e. The molecule has 19 heavy (non-hydrogen) atoms. The summed E-state index contributed by atoms with van der Waals surface area (Å²) in [6.45, 7) is 3.66. The van der Waals surface area contributed by atoms with Crippen molar-refractivity contribution in [1.82, 2.24) is 20.4 Å². The molecule has 0 saturated heterocycles. The highest BCUT2D eigenvalue weighted by atomic mass is 16.5. The van der Waals surface area contributed by atoms with Crippen molar-refractivity contribution in [3.63, 3.8) is 0 Å². The van der Waals surface area contributed by atoms with Gasteiger partial charge in [0.05, 0.1) is 6.54 Å². The van der Waals surface area contributed by atoms with Crippen LogP contribution in [0.4, 0.5) is 5.82 Å². The van der Waals surface area contributed by atoms with Gasteiger partial charge in [-0.15, -0.1) is 0 Å². The minimum atomic E-state index is -0.266. The molecule has 0 unspecified atom stereocenters. The summed E-state index contributed by atoms with van der Waals surface area (Å²) in [6, 6.07) is 3.22. The van der Waals surface area contributed by atoms with Gasteiger partial charge in [0.25, 0.3) is 5.91 Å². The largest absolute Gasteiger partial charge is 0.343 e. The third-order valence-electron chi connectivity index (χ3n) is 2.33. The molecule has 0 atom stereocenters. The number of hydrazine groups is 1. The van der Waals surface area contributed by atoms with Crippen LogP contribution in [0.5, 0.6) is 0 Å². The lowest BCUT2D eigenvalue weighted by Crippen LogP contribution is -2.23. The standard InChI is InChI=1S/C11H14N6O2/c1-6-3-8(4-9(14-6)16-12)11(18)13-5-10-15-7(2)17-19-10/h3-4H,5,12H2,1-2H3,(H,13,18)(H,14,16). The van der Waals surface area contributed by atoms with Gasteiger partial charge >= 0.3 is 0 Å². The fraction of sp³-hybridized carbons (Fsp3) is 0.273. The van der Waals surface area contributed by atoms with E-state index < -0.39 is 0 Å². The van der Waals surface area contributed by atoms with E-state index >= 15 is 0 Å². The first-order chi connectivity index (χ1) is 9.08. The van der Waals surface area contributed by atoms with Gasteiger partial charge < -0.3 is 15.3 Å². The van der Waals surface area contributed by atoms with E-state index in [1.54, 1.807) is 26.0 Å². The van der Waals surface area contributed by atoms with Crippen molar-refractivity contribution in [2.75, 3.05) is 5.43 Å². The Bertz CT molecular complexity index is 595. The molecule has 0 aliphatic carbocycles. The Hall–Kier alpha value is -2.48. The maximum atomic E-state index is 11.9. The topological polar surface area (TPSA) is 119 Å². The Morgan fingerprint density at radius 1 is 1.37 bits per heavy atom. The van der Waals surface area contributed by atoms with E-state index in [1.807, 2.05) is 0 Å². The number of nitrogens with zero attached hydrogens (tertiary/aromatic N) is 3. The van der Waals surface area contributed by atoms with Crippen molar-refractivity contribution >= 4 is 11.7 Å². The Morgan fingerprint density at radius 2 is 2.16 bits per heavy atom. The molecule has 0 spiro atoms. The molecule has 4 N–H and O–H groups in total. The molecule has 2 aromatic heterocycles. The third-order valence-corrected chi connectivity index (χ3v) is 2.33. The number of hydrogen-bond donors (Lipinski definition) is 3. The second-order valence-electron chi connectivity index (χ2n) is 3.94. The molecule has 0 radical (unpaired) electrons. The van der Waals surface area contributed by atoms with Crippen molar-refractivity contribution in [3.05, 3.63) is 35.1 Å². The zero-order valence-electron chi connectivity index (χ0n) is 10.6. The molecule has 8 heteroatoms. The van der Waals surface area contributed by atoms with Gasteiger partial charge in [-0.1, -0.05) is 5.16 Å². The monoisotopic (exact) mass is 262 g/mol. The van der Waals surface area contributed by atoms with E-state index in [9.17, 15) is 4.79 Å². The van der Waals surface area contributed by atoms with Crippen LogP contribution in [-0.2, 0) is 6.54 Å². The molecule has 0 aliphatic rings. The number of anilines is 1. The van der Waals surface area contributed by atoms with Gasteiger partial charge in [-0.3, -0.25) is 4.79 Å². The summed E-state index contributed by atoms with van der Waals surface area (Å²) in [5, 5.41) is 6.31. The molecule has 8 nitrogen and oxygen atoms in total. The second-order valence-corrected chi connectivity index (χ2v) is 3.94. The number of nitrogens with two attached hydrogens (primary N) is 1. The van der Waals surface area contributed by atoms with Crippen LogP contribution in [0.3, 0.4) is 0 Å². The first kappa shape index (κ1) is 13.0. The first-order valence-electron chi connectivity index (χ1n) is 5.61. The van der Waals surface area contributed by atoms with Crippen molar-refractivity contribution in [3.8, 4) is 0 Å². The first-order valence-corrected chi connectivity index (χ1v) is 5.61. The lowest BCUT2D eigenvalue weighted by molar-refractivity contribution is 0.0946. The summed E-state index contributed by atoms with van der Waals surface area (Å²) in [5.74, 6) is 6.32. The molecule has 100 valence electrons. The smallest absolute Gasteiger partial charge is 0.251 e. The highest BCUT2D eigenvalue weighted by Gasteiger charge is 2.10. The van der Waals surface area contributed by atoms with E-state index in [4.69, 9.17) is 10.4 Å². The van der Waals surface area contributed by atoms with Gasteiger partial charge in [0, 0.05) is 11.3 Å². The van der Waals surface area contributed by atoms with Crippen LogP contribution in [0.2, 0.25) is 0 Å². The van der Waals surface area contributed by atoms with Gasteiger partial charge in [-0.05, 0) is 26.0 Å². The lowest BCUT2D eigenvalue weighted by atomic mass is 10.2. The minimum absolute atomic E-state index is 0.173. The van der Waals surface area contributed by atoms with E-state index in [1.165, 1.54) is 0 Å². The number of nitrogen functional groups attached to an aromatic ring is 1. The summed E-state index contributed by atoms with van der Waals surface area (Å²) < 4.78 is 4.90. The Labute approximate surface area is 109 Å². The molecule has 2 rings (SSSR count). The summed E-state index contributed by atoms with van der Waals surface area (Å²) in [5.41, 5.74) is 3.55. The number of amides is 1. The zero-order chi connectivity index (χ0) is 13.8. The predicted octanol–water partition coefficient (Wildman–Crippen LogP) is 0.297. The molecule has 0 aromatic carbocycles. The number of carbonyl (C=O) groups excluding carboxylic acids is 1. The van der Waals surface area contributed by atoms with Crippen molar-refractivity contribution in [2.24, 2.45) is 5.84 Å². The quantitative estimate of drug-likeness (QED) is 0.535. The number of nitrogens with one attached hydrogen (secondary N) is 2. The molecule has 2 heterocycles. The summed E-state index contributed by atoms with van der Waals surface area (Å²) >= 11 is 0. The summed E-state index contributed by atoms with van der Waals surface area (Å²) in [6.07, 6.45) is 0. The summed E-state index contributed by atoms with van der Waals surface area (Å²) in [7, 11) is 0.